The van der Waals surface area contributed by atoms with E-state index in [1.165, 1.54) is 0 Å². The van der Waals surface area contributed by atoms with Crippen molar-refractivity contribution in [3.63, 3.8) is 0 Å². The van der Waals surface area contributed by atoms with E-state index in [2.05, 4.69) is 0 Å². The normalized spacial score (nSPS) is 18.9. The summed E-state index contributed by atoms with van der Waals surface area (Å²) in [7, 11) is 0. The molecule has 0 rings (SSSR count). The predicted molar refractivity (Wildman–Crippen MR) is 35.8 cm³/mol. The maximum absolute atomic E-state index is 9.87. The Hall–Kier alpha value is -0.490. The van der Waals surface area contributed by atoms with Gasteiger partial charge in [0.05, 0.1) is 6.10 Å². The molecule has 0 saturated carbocycles. The summed E-state index contributed by atoms with van der Waals surface area (Å²) in [6.07, 6.45) is -4.30. The van der Waals surface area contributed by atoms with Crippen molar-refractivity contribution < 1.29 is 25.2 Å². The molecule has 0 bridgehead atoms. The van der Waals surface area contributed by atoms with Gasteiger partial charge in [-0.1, -0.05) is 0 Å². The van der Waals surface area contributed by atoms with E-state index in [9.17, 15) is 4.79 Å². The Balaban J connectivity index is 3.79. The molecular formula is C6H12O5. The third-order valence-corrected chi connectivity index (χ3v) is 1.31. The van der Waals surface area contributed by atoms with Crippen LogP contribution in [0.3, 0.4) is 0 Å². The van der Waals surface area contributed by atoms with Crippen LogP contribution in [0, 0.1) is 0 Å². The van der Waals surface area contributed by atoms with Crippen LogP contribution in [-0.4, -0.2) is 51.6 Å². The van der Waals surface area contributed by atoms with Crippen LogP contribution in [0.1, 0.15) is 6.42 Å². The Morgan fingerprint density at radius 1 is 1.27 bits per heavy atom. The summed E-state index contributed by atoms with van der Waals surface area (Å²) < 4.78 is 0. The van der Waals surface area contributed by atoms with Crippen molar-refractivity contribution in [1.82, 2.24) is 0 Å². The molecule has 3 atom stereocenters. The van der Waals surface area contributed by atoms with Gasteiger partial charge in [-0.05, 0) is 6.42 Å². The molecule has 11 heavy (non-hydrogen) atoms. The molecule has 0 aromatic heterocycles. The zero-order valence-electron chi connectivity index (χ0n) is 5.92. The molecule has 0 fully saturated rings. The second kappa shape index (κ2) is 5.20. The van der Waals surface area contributed by atoms with Crippen LogP contribution in [0.2, 0.25) is 0 Å². The molecule has 66 valence electrons. The highest BCUT2D eigenvalue weighted by Gasteiger charge is 2.23. The minimum Gasteiger partial charge on any atom is -0.396 e. The number of hydrogen-bond acceptors (Lipinski definition) is 5. The third-order valence-electron chi connectivity index (χ3n) is 1.31. The van der Waals surface area contributed by atoms with Crippen molar-refractivity contribution >= 4 is 6.29 Å². The zero-order chi connectivity index (χ0) is 8.85. The Morgan fingerprint density at radius 3 is 2.18 bits per heavy atom. The first-order valence-electron chi connectivity index (χ1n) is 3.23. The van der Waals surface area contributed by atoms with Crippen molar-refractivity contribution in [2.45, 2.75) is 24.7 Å². The molecule has 0 aliphatic heterocycles. The Kier molecular flexibility index (Phi) is 4.97. The average Bonchev–Trinajstić information content (AvgIpc) is 2.02. The lowest BCUT2D eigenvalue weighted by atomic mass is 10.1. The summed E-state index contributed by atoms with van der Waals surface area (Å²) in [4.78, 5) is 9.87. The van der Waals surface area contributed by atoms with E-state index in [0.29, 0.717) is 0 Å². The number of aldehydes is 1. The molecule has 0 saturated heterocycles. The Labute approximate surface area is 63.9 Å². The minimum absolute atomic E-state index is 0.0634. The van der Waals surface area contributed by atoms with Gasteiger partial charge in [-0.25, -0.2) is 0 Å². The van der Waals surface area contributed by atoms with Crippen molar-refractivity contribution in [2.24, 2.45) is 0 Å². The van der Waals surface area contributed by atoms with E-state index >= 15 is 0 Å². The molecule has 5 nitrogen and oxygen atoms in total. The summed E-state index contributed by atoms with van der Waals surface area (Å²) in [6.45, 7) is -0.302. The summed E-state index contributed by atoms with van der Waals surface area (Å²) in [6, 6.07) is 0. The van der Waals surface area contributed by atoms with Crippen LogP contribution in [0.5, 0.6) is 0 Å². The van der Waals surface area contributed by atoms with Gasteiger partial charge < -0.3 is 25.2 Å². The molecule has 0 aliphatic carbocycles. The SMILES string of the molecule is O=C[C@H](O)[C@@H](O)[C@H](O)CCO. The average molecular weight is 164 g/mol. The van der Waals surface area contributed by atoms with Gasteiger partial charge in [0, 0.05) is 6.61 Å². The van der Waals surface area contributed by atoms with Crippen LogP contribution in [0.25, 0.3) is 0 Å². The van der Waals surface area contributed by atoms with Crippen molar-refractivity contribution in [3.8, 4) is 0 Å². The summed E-state index contributed by atoms with van der Waals surface area (Å²) in [5, 5.41) is 34.7. The van der Waals surface area contributed by atoms with Crippen LogP contribution in [-0.2, 0) is 4.79 Å². The van der Waals surface area contributed by atoms with Crippen molar-refractivity contribution in [1.29, 1.82) is 0 Å². The van der Waals surface area contributed by atoms with E-state index in [0.717, 1.165) is 0 Å². The fraction of sp³-hybridized carbons (Fsp3) is 0.833. The first-order chi connectivity index (χ1) is 5.13. The van der Waals surface area contributed by atoms with Gasteiger partial charge in [0.15, 0.2) is 6.29 Å². The van der Waals surface area contributed by atoms with Gasteiger partial charge in [-0.15, -0.1) is 0 Å². The molecular weight excluding hydrogens is 152 g/mol. The first-order valence-corrected chi connectivity index (χ1v) is 3.23. The molecule has 0 heterocycles. The highest BCUT2D eigenvalue weighted by atomic mass is 16.4. The van der Waals surface area contributed by atoms with Gasteiger partial charge in [0.25, 0.3) is 0 Å². The third kappa shape index (κ3) is 3.43. The Bertz CT molecular complexity index is 116. The number of carbonyl (C=O) groups excluding carboxylic acids is 1. The number of aliphatic hydroxyl groups excluding tert-OH is 4. The molecule has 4 N–H and O–H groups in total. The van der Waals surface area contributed by atoms with E-state index < -0.39 is 18.3 Å². The molecule has 0 amide bonds. The fourth-order valence-corrected chi connectivity index (χ4v) is 0.611. The van der Waals surface area contributed by atoms with Crippen LogP contribution < -0.4 is 0 Å². The molecule has 0 spiro atoms. The Morgan fingerprint density at radius 2 is 1.82 bits per heavy atom. The van der Waals surface area contributed by atoms with Crippen LogP contribution in [0.15, 0.2) is 0 Å². The zero-order valence-corrected chi connectivity index (χ0v) is 5.92. The van der Waals surface area contributed by atoms with Gasteiger partial charge in [0.1, 0.15) is 12.2 Å². The van der Waals surface area contributed by atoms with Crippen LogP contribution in [0.4, 0.5) is 0 Å². The number of rotatable bonds is 5. The summed E-state index contributed by atoms with van der Waals surface area (Å²) >= 11 is 0. The number of aliphatic hydroxyl groups is 4. The number of hydrogen-bond donors (Lipinski definition) is 4. The van der Waals surface area contributed by atoms with E-state index in [1.54, 1.807) is 0 Å². The smallest absolute Gasteiger partial charge is 0.151 e. The minimum atomic E-state index is -1.59. The lowest BCUT2D eigenvalue weighted by molar-refractivity contribution is -0.126. The molecule has 0 unspecified atom stereocenters. The molecule has 0 aromatic rings. The molecule has 5 heteroatoms. The number of carbonyl (C=O) groups is 1. The molecule has 0 aliphatic rings. The highest BCUT2D eigenvalue weighted by Crippen LogP contribution is 2.01. The predicted octanol–water partition coefficient (Wildman–Crippen LogP) is -2.35. The van der Waals surface area contributed by atoms with Crippen molar-refractivity contribution in [2.75, 3.05) is 6.61 Å². The van der Waals surface area contributed by atoms with Crippen molar-refractivity contribution in [3.05, 3.63) is 0 Å². The van der Waals surface area contributed by atoms with Gasteiger partial charge in [-0.3, -0.25) is 0 Å². The second-order valence-corrected chi connectivity index (χ2v) is 2.20. The molecule has 0 radical (unpaired) electrons. The standard InChI is InChI=1S/C6H12O5/c7-2-1-4(9)6(11)5(10)3-8/h3-7,9-11H,1-2H2/t4-,5+,6+/m1/s1. The van der Waals surface area contributed by atoms with Gasteiger partial charge in [0.2, 0.25) is 0 Å². The van der Waals surface area contributed by atoms with Gasteiger partial charge in [-0.2, -0.15) is 0 Å². The van der Waals surface area contributed by atoms with E-state index in [-0.39, 0.29) is 19.3 Å². The lowest BCUT2D eigenvalue weighted by Crippen LogP contribution is -2.38. The molecule has 0 aromatic carbocycles. The highest BCUT2D eigenvalue weighted by molar-refractivity contribution is 5.56. The fourth-order valence-electron chi connectivity index (χ4n) is 0.611. The quantitative estimate of drug-likeness (QED) is 0.341. The topological polar surface area (TPSA) is 98.0 Å². The largest absolute Gasteiger partial charge is 0.396 e. The van der Waals surface area contributed by atoms with Crippen LogP contribution >= 0.6 is 0 Å². The van der Waals surface area contributed by atoms with E-state index in [4.69, 9.17) is 20.4 Å². The van der Waals surface area contributed by atoms with Gasteiger partial charge >= 0.3 is 0 Å². The summed E-state index contributed by atoms with van der Waals surface area (Å²) in [5.74, 6) is 0. The maximum Gasteiger partial charge on any atom is 0.151 e. The van der Waals surface area contributed by atoms with E-state index in [1.807, 2.05) is 0 Å². The first kappa shape index (κ1) is 10.5. The lowest BCUT2D eigenvalue weighted by Gasteiger charge is -2.17. The summed E-state index contributed by atoms with van der Waals surface area (Å²) in [5.41, 5.74) is 0. The second-order valence-electron chi connectivity index (χ2n) is 2.20. The maximum atomic E-state index is 9.87. The monoisotopic (exact) mass is 164 g/mol.